The Bertz CT molecular complexity index is 1130. The maximum Gasteiger partial charge on any atom is 0.420 e. The molecule has 0 bridgehead atoms. The maximum atomic E-state index is 14.0. The number of carbonyl (C=O) groups excluding carboxylic acids is 3. The van der Waals surface area contributed by atoms with Gasteiger partial charge in [-0.3, -0.25) is 14.9 Å². The van der Waals surface area contributed by atoms with E-state index in [2.05, 4.69) is 20.9 Å². The third kappa shape index (κ3) is 4.76. The Balaban J connectivity index is 2.09. The topological polar surface area (TPSA) is 112 Å². The SMILES string of the molecule is Cc1[nH]c(/C=C2\C(=O)Nc3ccc(NC=O)cc32)c(C(F)(F)F)c1NC(=O)OC(C)(C)C. The second-order valence-electron chi connectivity index (χ2n) is 8.07. The fraction of sp³-hybridized carbons (Fsp3) is 0.286. The molecular weight excluding hydrogens is 429 g/mol. The van der Waals surface area contributed by atoms with E-state index in [1.807, 2.05) is 0 Å². The van der Waals surface area contributed by atoms with Gasteiger partial charge in [0, 0.05) is 22.6 Å². The number of aromatic nitrogens is 1. The Labute approximate surface area is 181 Å². The predicted molar refractivity (Wildman–Crippen MR) is 113 cm³/mol. The highest BCUT2D eigenvalue weighted by Crippen LogP contribution is 2.42. The van der Waals surface area contributed by atoms with Crippen molar-refractivity contribution in [1.82, 2.24) is 4.98 Å². The number of aromatic amines is 1. The van der Waals surface area contributed by atoms with E-state index in [0.717, 1.165) is 6.08 Å². The van der Waals surface area contributed by atoms with Crippen LogP contribution in [0.25, 0.3) is 11.6 Å². The second kappa shape index (κ2) is 8.06. The van der Waals surface area contributed by atoms with E-state index in [-0.39, 0.29) is 11.3 Å². The first kappa shape index (κ1) is 22.9. The van der Waals surface area contributed by atoms with Gasteiger partial charge in [-0.15, -0.1) is 0 Å². The lowest BCUT2D eigenvalue weighted by Crippen LogP contribution is -2.28. The Morgan fingerprint density at radius 3 is 2.47 bits per heavy atom. The van der Waals surface area contributed by atoms with Crippen molar-refractivity contribution in [2.24, 2.45) is 0 Å². The molecule has 0 fully saturated rings. The molecule has 3 rings (SSSR count). The number of alkyl halides is 3. The molecule has 0 radical (unpaired) electrons. The van der Waals surface area contributed by atoms with Crippen LogP contribution in [-0.2, 0) is 20.5 Å². The van der Waals surface area contributed by atoms with Crippen LogP contribution in [0.3, 0.4) is 0 Å². The molecule has 0 aliphatic carbocycles. The molecule has 1 aromatic carbocycles. The first-order valence-electron chi connectivity index (χ1n) is 9.47. The van der Waals surface area contributed by atoms with Crippen molar-refractivity contribution in [3.05, 3.63) is 40.7 Å². The van der Waals surface area contributed by atoms with Gasteiger partial charge in [-0.25, -0.2) is 4.79 Å². The highest BCUT2D eigenvalue weighted by molar-refractivity contribution is 6.35. The number of halogens is 3. The van der Waals surface area contributed by atoms with Crippen molar-refractivity contribution in [2.75, 3.05) is 16.0 Å². The van der Waals surface area contributed by atoms with Gasteiger partial charge in [-0.05, 0) is 52.0 Å². The quantitative estimate of drug-likeness (QED) is 0.398. The van der Waals surface area contributed by atoms with E-state index in [9.17, 15) is 27.6 Å². The van der Waals surface area contributed by atoms with E-state index in [1.54, 1.807) is 26.8 Å². The second-order valence-corrected chi connectivity index (χ2v) is 8.07. The van der Waals surface area contributed by atoms with Crippen LogP contribution in [0.15, 0.2) is 18.2 Å². The Morgan fingerprint density at radius 1 is 1.19 bits per heavy atom. The fourth-order valence-electron chi connectivity index (χ4n) is 3.25. The lowest BCUT2D eigenvalue weighted by Gasteiger charge is -2.20. The number of benzene rings is 1. The number of anilines is 3. The van der Waals surface area contributed by atoms with E-state index in [1.165, 1.54) is 19.1 Å². The molecule has 2 aromatic rings. The number of aryl methyl sites for hydroxylation is 1. The van der Waals surface area contributed by atoms with E-state index >= 15 is 0 Å². The van der Waals surface area contributed by atoms with Crippen molar-refractivity contribution < 1.29 is 32.3 Å². The molecule has 11 heteroatoms. The number of nitrogens with one attached hydrogen (secondary N) is 4. The predicted octanol–water partition coefficient (Wildman–Crippen LogP) is 4.75. The Kier molecular flexibility index (Phi) is 5.77. The molecule has 0 saturated carbocycles. The van der Waals surface area contributed by atoms with Crippen molar-refractivity contribution in [3.63, 3.8) is 0 Å². The molecule has 1 aromatic heterocycles. The van der Waals surface area contributed by atoms with Crippen LogP contribution in [0.2, 0.25) is 0 Å². The van der Waals surface area contributed by atoms with Gasteiger partial charge in [0.15, 0.2) is 0 Å². The number of rotatable bonds is 4. The summed E-state index contributed by atoms with van der Waals surface area (Å²) >= 11 is 0. The zero-order valence-corrected chi connectivity index (χ0v) is 17.7. The molecule has 8 nitrogen and oxygen atoms in total. The highest BCUT2D eigenvalue weighted by Gasteiger charge is 2.40. The molecule has 2 heterocycles. The van der Waals surface area contributed by atoms with Crippen LogP contribution in [0.1, 0.15) is 43.3 Å². The molecule has 170 valence electrons. The minimum absolute atomic E-state index is 0.0324. The Hall–Kier alpha value is -3.76. The van der Waals surface area contributed by atoms with Gasteiger partial charge in [-0.2, -0.15) is 13.2 Å². The molecule has 1 aliphatic rings. The maximum absolute atomic E-state index is 14.0. The minimum atomic E-state index is -4.85. The molecule has 0 spiro atoms. The molecule has 0 unspecified atom stereocenters. The molecular formula is C21H21F3N4O4. The van der Waals surface area contributed by atoms with E-state index in [4.69, 9.17) is 4.74 Å². The standard InChI is InChI=1S/C21H21F3N4O4/c1-10-17(28-19(31)32-20(2,3)4)16(21(22,23)24)15(26-10)8-13-12-7-11(25-9-29)5-6-14(12)27-18(13)30/h5-9,26H,1-4H3,(H,25,29)(H,27,30)(H,28,31)/b13-8-. The summed E-state index contributed by atoms with van der Waals surface area (Å²) in [6, 6.07) is 4.54. The van der Waals surface area contributed by atoms with Gasteiger partial charge < -0.3 is 20.4 Å². The first-order chi connectivity index (χ1) is 14.8. The molecule has 4 N–H and O–H groups in total. The van der Waals surface area contributed by atoms with Gasteiger partial charge in [-0.1, -0.05) is 0 Å². The number of H-pyrrole nitrogens is 1. The van der Waals surface area contributed by atoms with Gasteiger partial charge in [0.2, 0.25) is 6.41 Å². The first-order valence-corrected chi connectivity index (χ1v) is 9.47. The van der Waals surface area contributed by atoms with Gasteiger partial charge >= 0.3 is 12.3 Å². The van der Waals surface area contributed by atoms with E-state index in [0.29, 0.717) is 23.3 Å². The number of fused-ring (bicyclic) bond motifs is 1. The molecule has 0 saturated heterocycles. The molecule has 0 atom stereocenters. The summed E-state index contributed by atoms with van der Waals surface area (Å²) in [7, 11) is 0. The van der Waals surface area contributed by atoms with Gasteiger partial charge in [0.05, 0.1) is 17.0 Å². The number of ether oxygens (including phenoxy) is 1. The van der Waals surface area contributed by atoms with Crippen LogP contribution < -0.4 is 16.0 Å². The summed E-state index contributed by atoms with van der Waals surface area (Å²) in [5.74, 6) is -0.606. The van der Waals surface area contributed by atoms with Crippen molar-refractivity contribution >= 4 is 47.1 Å². The van der Waals surface area contributed by atoms with Crippen molar-refractivity contribution in [3.8, 4) is 0 Å². The number of carbonyl (C=O) groups is 3. The fourth-order valence-corrected chi connectivity index (χ4v) is 3.25. The average molecular weight is 450 g/mol. The number of amides is 3. The average Bonchev–Trinajstić information content (AvgIpc) is 3.10. The lowest BCUT2D eigenvalue weighted by molar-refractivity contribution is -0.137. The summed E-state index contributed by atoms with van der Waals surface area (Å²) in [5, 5.41) is 7.15. The number of hydrogen-bond acceptors (Lipinski definition) is 4. The van der Waals surface area contributed by atoms with E-state index < -0.39 is 40.7 Å². The normalized spacial score (nSPS) is 14.7. The Morgan fingerprint density at radius 2 is 1.88 bits per heavy atom. The zero-order valence-electron chi connectivity index (χ0n) is 17.7. The molecule has 32 heavy (non-hydrogen) atoms. The monoisotopic (exact) mass is 450 g/mol. The lowest BCUT2D eigenvalue weighted by atomic mass is 10.0. The third-order valence-corrected chi connectivity index (χ3v) is 4.44. The van der Waals surface area contributed by atoms with Crippen molar-refractivity contribution in [2.45, 2.75) is 39.5 Å². The molecule has 1 aliphatic heterocycles. The van der Waals surface area contributed by atoms with Crippen LogP contribution in [-0.4, -0.2) is 29.0 Å². The van der Waals surface area contributed by atoms with Crippen LogP contribution >= 0.6 is 0 Å². The largest absolute Gasteiger partial charge is 0.444 e. The summed E-state index contributed by atoms with van der Waals surface area (Å²) in [6.07, 6.45) is -4.39. The van der Waals surface area contributed by atoms with Gasteiger partial charge in [0.25, 0.3) is 5.91 Å². The number of hydrogen-bond donors (Lipinski definition) is 4. The van der Waals surface area contributed by atoms with Crippen molar-refractivity contribution in [1.29, 1.82) is 0 Å². The smallest absolute Gasteiger partial charge is 0.420 e. The summed E-state index contributed by atoms with van der Waals surface area (Å²) in [6.45, 7) is 6.11. The van der Waals surface area contributed by atoms with Crippen LogP contribution in [0.5, 0.6) is 0 Å². The van der Waals surface area contributed by atoms with Gasteiger partial charge in [0.1, 0.15) is 11.2 Å². The molecule has 3 amide bonds. The summed E-state index contributed by atoms with van der Waals surface area (Å²) in [4.78, 5) is 37.8. The third-order valence-electron chi connectivity index (χ3n) is 4.44. The minimum Gasteiger partial charge on any atom is -0.444 e. The van der Waals surface area contributed by atoms with Crippen LogP contribution in [0, 0.1) is 6.92 Å². The summed E-state index contributed by atoms with van der Waals surface area (Å²) < 4.78 is 46.9. The zero-order chi connectivity index (χ0) is 23.8. The highest BCUT2D eigenvalue weighted by atomic mass is 19.4. The summed E-state index contributed by atoms with van der Waals surface area (Å²) in [5.41, 5.74) is -1.87. The van der Waals surface area contributed by atoms with Crippen LogP contribution in [0.4, 0.5) is 35.0 Å².